The standard InChI is InChI=1S/C23H22N4O2/c1-15-5-6-19(13-16(15)2)22-21(14-27(26-22)12-4-11-24)23(29)25-20-9-7-18(8-10-20)17(3)28/h5-10,13-14H,4,12H2,1-3H3,(H,25,29). The third-order valence-corrected chi connectivity index (χ3v) is 4.79. The van der Waals surface area contributed by atoms with E-state index in [1.165, 1.54) is 6.92 Å². The molecule has 0 radical (unpaired) electrons. The van der Waals surface area contributed by atoms with Crippen LogP contribution in [0.1, 0.15) is 45.2 Å². The number of hydrogen-bond acceptors (Lipinski definition) is 4. The molecule has 0 bridgehead atoms. The van der Waals surface area contributed by atoms with Crippen molar-refractivity contribution < 1.29 is 9.59 Å². The second-order valence-electron chi connectivity index (χ2n) is 6.95. The lowest BCUT2D eigenvalue weighted by Crippen LogP contribution is -2.12. The van der Waals surface area contributed by atoms with Crippen molar-refractivity contribution in [1.82, 2.24) is 9.78 Å². The molecule has 3 rings (SSSR count). The molecule has 0 aliphatic rings. The Hall–Kier alpha value is -3.72. The Bertz CT molecular complexity index is 1100. The van der Waals surface area contributed by atoms with Crippen LogP contribution in [0, 0.1) is 25.2 Å². The predicted octanol–water partition coefficient (Wildman–Crippen LogP) is 4.54. The van der Waals surface area contributed by atoms with Crippen molar-refractivity contribution in [3.05, 3.63) is 70.9 Å². The summed E-state index contributed by atoms with van der Waals surface area (Å²) in [6.45, 7) is 5.96. The summed E-state index contributed by atoms with van der Waals surface area (Å²) in [6, 6.07) is 14.8. The van der Waals surface area contributed by atoms with E-state index >= 15 is 0 Å². The minimum absolute atomic E-state index is 0.0290. The number of amides is 1. The molecule has 6 nitrogen and oxygen atoms in total. The number of nitriles is 1. The van der Waals surface area contributed by atoms with Crippen molar-refractivity contribution in [2.75, 3.05) is 5.32 Å². The number of carbonyl (C=O) groups excluding carboxylic acids is 2. The average Bonchev–Trinajstić information content (AvgIpc) is 3.13. The van der Waals surface area contributed by atoms with Crippen molar-refractivity contribution in [2.45, 2.75) is 33.7 Å². The first-order valence-electron chi connectivity index (χ1n) is 9.33. The Morgan fingerprint density at radius 1 is 1.10 bits per heavy atom. The molecule has 0 aliphatic carbocycles. The molecular weight excluding hydrogens is 364 g/mol. The quantitative estimate of drug-likeness (QED) is 0.630. The number of Topliss-reactive ketones (excluding diaryl/α,β-unsaturated/α-hetero) is 1. The third-order valence-electron chi connectivity index (χ3n) is 4.79. The van der Waals surface area contributed by atoms with E-state index in [0.29, 0.717) is 35.5 Å². The highest BCUT2D eigenvalue weighted by atomic mass is 16.1. The number of aryl methyl sites for hydroxylation is 3. The highest BCUT2D eigenvalue weighted by molar-refractivity contribution is 6.08. The van der Waals surface area contributed by atoms with Gasteiger partial charge in [0.2, 0.25) is 0 Å². The molecule has 1 amide bonds. The molecule has 1 aromatic heterocycles. The number of benzene rings is 2. The number of rotatable bonds is 6. The van der Waals surface area contributed by atoms with Crippen LogP contribution in [-0.2, 0) is 6.54 Å². The SMILES string of the molecule is CC(=O)c1ccc(NC(=O)c2cn(CCC#N)nc2-c2ccc(C)c(C)c2)cc1. The zero-order valence-corrected chi connectivity index (χ0v) is 16.7. The van der Waals surface area contributed by atoms with Gasteiger partial charge < -0.3 is 5.32 Å². The molecule has 3 aromatic rings. The van der Waals surface area contributed by atoms with Crippen LogP contribution in [0.4, 0.5) is 5.69 Å². The molecule has 0 saturated heterocycles. The van der Waals surface area contributed by atoms with Crippen molar-refractivity contribution in [3.8, 4) is 17.3 Å². The molecule has 1 N–H and O–H groups in total. The number of nitrogens with zero attached hydrogens (tertiary/aromatic N) is 3. The van der Waals surface area contributed by atoms with Crippen LogP contribution >= 0.6 is 0 Å². The maximum Gasteiger partial charge on any atom is 0.259 e. The zero-order valence-electron chi connectivity index (χ0n) is 16.7. The van der Waals surface area contributed by atoms with Gasteiger partial charge in [-0.3, -0.25) is 14.3 Å². The summed E-state index contributed by atoms with van der Waals surface area (Å²) in [6.07, 6.45) is 1.97. The number of anilines is 1. The minimum atomic E-state index is -0.294. The van der Waals surface area contributed by atoms with E-state index < -0.39 is 0 Å². The van der Waals surface area contributed by atoms with Crippen LogP contribution in [0.5, 0.6) is 0 Å². The highest BCUT2D eigenvalue weighted by Crippen LogP contribution is 2.25. The molecule has 6 heteroatoms. The average molecular weight is 386 g/mol. The fourth-order valence-corrected chi connectivity index (χ4v) is 2.96. The number of nitrogens with one attached hydrogen (secondary N) is 1. The van der Waals surface area contributed by atoms with Gasteiger partial charge in [0.1, 0.15) is 5.69 Å². The van der Waals surface area contributed by atoms with E-state index in [0.717, 1.165) is 16.7 Å². The Morgan fingerprint density at radius 2 is 1.83 bits per heavy atom. The maximum atomic E-state index is 13.0. The summed E-state index contributed by atoms with van der Waals surface area (Å²) in [7, 11) is 0. The van der Waals surface area contributed by atoms with E-state index in [1.54, 1.807) is 35.1 Å². The van der Waals surface area contributed by atoms with Crippen molar-refractivity contribution in [2.24, 2.45) is 0 Å². The predicted molar refractivity (Wildman–Crippen MR) is 112 cm³/mol. The normalized spacial score (nSPS) is 10.4. The molecule has 0 aliphatic heterocycles. The topological polar surface area (TPSA) is 87.8 Å². The number of aromatic nitrogens is 2. The van der Waals surface area contributed by atoms with Gasteiger partial charge in [-0.05, 0) is 62.2 Å². The van der Waals surface area contributed by atoms with E-state index in [9.17, 15) is 9.59 Å². The fraction of sp³-hybridized carbons (Fsp3) is 0.217. The summed E-state index contributed by atoms with van der Waals surface area (Å²) >= 11 is 0. The lowest BCUT2D eigenvalue weighted by molar-refractivity contribution is 0.101. The van der Waals surface area contributed by atoms with E-state index in [-0.39, 0.29) is 11.7 Å². The number of ketones is 1. The molecule has 0 spiro atoms. The van der Waals surface area contributed by atoms with Crippen molar-refractivity contribution in [3.63, 3.8) is 0 Å². The molecule has 29 heavy (non-hydrogen) atoms. The number of carbonyl (C=O) groups is 2. The molecule has 146 valence electrons. The smallest absolute Gasteiger partial charge is 0.259 e. The second kappa shape index (κ2) is 8.53. The third kappa shape index (κ3) is 4.58. The van der Waals surface area contributed by atoms with Gasteiger partial charge in [0.05, 0.1) is 24.6 Å². The zero-order chi connectivity index (χ0) is 21.0. The lowest BCUT2D eigenvalue weighted by atomic mass is 10.0. The van der Waals surface area contributed by atoms with Crippen molar-refractivity contribution >= 4 is 17.4 Å². The van der Waals surface area contributed by atoms with Gasteiger partial charge in [-0.2, -0.15) is 10.4 Å². The molecule has 1 heterocycles. The van der Waals surface area contributed by atoms with Gasteiger partial charge in [0.15, 0.2) is 5.78 Å². The van der Waals surface area contributed by atoms with Gasteiger partial charge in [0, 0.05) is 23.0 Å². The Kier molecular flexibility index (Phi) is 5.89. The maximum absolute atomic E-state index is 13.0. The second-order valence-corrected chi connectivity index (χ2v) is 6.95. The van der Waals surface area contributed by atoms with Gasteiger partial charge in [-0.25, -0.2) is 0 Å². The largest absolute Gasteiger partial charge is 0.322 e. The Morgan fingerprint density at radius 3 is 2.45 bits per heavy atom. The van der Waals surface area contributed by atoms with Crippen LogP contribution in [0.25, 0.3) is 11.3 Å². The fourth-order valence-electron chi connectivity index (χ4n) is 2.96. The molecule has 0 fully saturated rings. The van der Waals surface area contributed by atoms with E-state index in [1.807, 2.05) is 32.0 Å². The van der Waals surface area contributed by atoms with Crippen molar-refractivity contribution in [1.29, 1.82) is 5.26 Å². The van der Waals surface area contributed by atoms with Crippen LogP contribution < -0.4 is 5.32 Å². The molecule has 0 atom stereocenters. The summed E-state index contributed by atoms with van der Waals surface area (Å²) in [5.74, 6) is -0.323. The monoisotopic (exact) mass is 386 g/mol. The molecule has 2 aromatic carbocycles. The molecular formula is C23H22N4O2. The first-order valence-corrected chi connectivity index (χ1v) is 9.33. The Labute approximate surface area is 169 Å². The highest BCUT2D eigenvalue weighted by Gasteiger charge is 2.19. The Balaban J connectivity index is 1.94. The van der Waals surface area contributed by atoms with Gasteiger partial charge in [0.25, 0.3) is 5.91 Å². The van der Waals surface area contributed by atoms with Crippen LogP contribution in [0.2, 0.25) is 0 Å². The van der Waals surface area contributed by atoms with Crippen LogP contribution in [-0.4, -0.2) is 21.5 Å². The van der Waals surface area contributed by atoms with E-state index in [4.69, 9.17) is 5.26 Å². The van der Waals surface area contributed by atoms with Crippen LogP contribution in [0.15, 0.2) is 48.7 Å². The van der Waals surface area contributed by atoms with E-state index in [2.05, 4.69) is 16.5 Å². The summed E-state index contributed by atoms with van der Waals surface area (Å²) in [5, 5.41) is 16.3. The first kappa shape index (κ1) is 20.0. The van der Waals surface area contributed by atoms with Crippen LogP contribution in [0.3, 0.4) is 0 Å². The summed E-state index contributed by atoms with van der Waals surface area (Å²) < 4.78 is 1.63. The number of hydrogen-bond donors (Lipinski definition) is 1. The van der Waals surface area contributed by atoms with Gasteiger partial charge in [-0.1, -0.05) is 12.1 Å². The van der Waals surface area contributed by atoms with Gasteiger partial charge >= 0.3 is 0 Å². The minimum Gasteiger partial charge on any atom is -0.322 e. The summed E-state index contributed by atoms with van der Waals surface area (Å²) in [4.78, 5) is 24.4. The molecule has 0 saturated carbocycles. The lowest BCUT2D eigenvalue weighted by Gasteiger charge is -2.07. The summed E-state index contributed by atoms with van der Waals surface area (Å²) in [5.41, 5.74) is 5.31. The van der Waals surface area contributed by atoms with Gasteiger partial charge in [-0.15, -0.1) is 0 Å². The first-order chi connectivity index (χ1) is 13.9. The molecule has 0 unspecified atom stereocenters.